The van der Waals surface area contributed by atoms with Crippen molar-refractivity contribution in [2.24, 2.45) is 0 Å². The highest BCUT2D eigenvalue weighted by atomic mass is 16.5. The Morgan fingerprint density at radius 1 is 1.11 bits per heavy atom. The van der Waals surface area contributed by atoms with E-state index in [0.29, 0.717) is 16.8 Å². The molecule has 196 valence electrons. The van der Waals surface area contributed by atoms with Crippen LogP contribution in [0.15, 0.2) is 54.4 Å². The number of hydrogen-bond acceptors (Lipinski definition) is 7. The van der Waals surface area contributed by atoms with Crippen LogP contribution in [-0.2, 0) is 25.6 Å². The molecular weight excluding hydrogens is 490 g/mol. The number of H-pyrrole nitrogens is 2. The Labute approximate surface area is 218 Å². The largest absolute Gasteiger partial charge is 0.872 e. The van der Waals surface area contributed by atoms with Gasteiger partial charge in [-0.15, -0.1) is 0 Å². The highest BCUT2D eigenvalue weighted by Gasteiger charge is 2.44. The molecule has 1 amide bonds. The summed E-state index contributed by atoms with van der Waals surface area (Å²) in [6, 6.07) is 8.72. The molecule has 2 aromatic heterocycles. The van der Waals surface area contributed by atoms with E-state index in [1.807, 2.05) is 0 Å². The average Bonchev–Trinajstić information content (AvgIpc) is 3.36. The fraction of sp³-hybridized carbons (Fsp3) is 0.250. The Bertz CT molecular complexity index is 1440. The maximum atomic E-state index is 14.0. The van der Waals surface area contributed by atoms with Gasteiger partial charge in [-0.1, -0.05) is 17.9 Å². The molecule has 0 spiro atoms. The summed E-state index contributed by atoms with van der Waals surface area (Å²) in [5.41, 5.74) is 2.18. The van der Waals surface area contributed by atoms with Crippen molar-refractivity contribution in [3.05, 3.63) is 93.6 Å². The fourth-order valence-electron chi connectivity index (χ4n) is 4.66. The molecule has 1 aliphatic rings. The lowest BCUT2D eigenvalue weighted by Crippen LogP contribution is -2.29. The molecule has 3 aromatic rings. The third-order valence-corrected chi connectivity index (χ3v) is 6.45. The van der Waals surface area contributed by atoms with Crippen LogP contribution >= 0.6 is 0 Å². The van der Waals surface area contributed by atoms with Crippen molar-refractivity contribution in [3.8, 4) is 0 Å². The Morgan fingerprint density at radius 2 is 1.82 bits per heavy atom. The third-order valence-electron chi connectivity index (χ3n) is 6.45. The quantitative estimate of drug-likeness (QED) is 0.218. The molecule has 0 saturated carbocycles. The number of esters is 2. The van der Waals surface area contributed by atoms with Crippen LogP contribution in [0.1, 0.15) is 61.8 Å². The zero-order valence-electron chi connectivity index (χ0n) is 21.4. The number of hydrogen-bond donors (Lipinski definition) is 1. The topological polar surface area (TPSA) is 143 Å². The van der Waals surface area contributed by atoms with Gasteiger partial charge in [-0.05, 0) is 55.7 Å². The third kappa shape index (κ3) is 4.68. The SMILES string of the molecule is CCOC(=O)c1[nH]c(C)c(C([O-])=C2C(=O)C(=O)N(Cc3ccc[nH+]c3)C2c2ccc(C(=O)OC)cc2)c1C. The van der Waals surface area contributed by atoms with Crippen LogP contribution in [0.2, 0.25) is 0 Å². The van der Waals surface area contributed by atoms with Crippen molar-refractivity contribution in [2.75, 3.05) is 13.7 Å². The number of ether oxygens (including phenoxy) is 2. The first-order chi connectivity index (χ1) is 18.2. The van der Waals surface area contributed by atoms with E-state index in [4.69, 9.17) is 9.47 Å². The average molecular weight is 518 g/mol. The minimum Gasteiger partial charge on any atom is -0.872 e. The normalized spacial score (nSPS) is 16.5. The van der Waals surface area contributed by atoms with Gasteiger partial charge in [-0.2, -0.15) is 0 Å². The molecule has 1 unspecified atom stereocenters. The summed E-state index contributed by atoms with van der Waals surface area (Å²) in [5.74, 6) is -3.57. The maximum absolute atomic E-state index is 14.0. The number of pyridine rings is 1. The number of rotatable bonds is 7. The lowest BCUT2D eigenvalue weighted by Gasteiger charge is -2.27. The molecule has 3 heterocycles. The van der Waals surface area contributed by atoms with E-state index in [-0.39, 0.29) is 35.5 Å². The number of benzene rings is 1. The monoisotopic (exact) mass is 517 g/mol. The minimum absolute atomic E-state index is 0.0568. The van der Waals surface area contributed by atoms with Gasteiger partial charge in [-0.3, -0.25) is 9.59 Å². The fourth-order valence-corrected chi connectivity index (χ4v) is 4.66. The number of aromatic nitrogens is 2. The van der Waals surface area contributed by atoms with E-state index in [1.54, 1.807) is 57.4 Å². The molecule has 38 heavy (non-hydrogen) atoms. The van der Waals surface area contributed by atoms with Gasteiger partial charge in [0.2, 0.25) is 5.78 Å². The number of carbonyl (C=O) groups is 4. The lowest BCUT2D eigenvalue weighted by molar-refractivity contribution is -0.378. The summed E-state index contributed by atoms with van der Waals surface area (Å²) in [5, 5.41) is 14.0. The van der Waals surface area contributed by atoms with Crippen molar-refractivity contribution in [1.82, 2.24) is 9.88 Å². The zero-order chi connectivity index (χ0) is 27.6. The van der Waals surface area contributed by atoms with E-state index in [2.05, 4.69) is 9.97 Å². The lowest BCUT2D eigenvalue weighted by atomic mass is 9.93. The standard InChI is InChI=1S/C28H27N3O7/c1-5-38-28(36)22-15(2)20(16(3)30-22)24(32)21-23(18-8-10-19(11-9-18)27(35)37-4)31(26(34)25(21)33)14-17-7-6-12-29-13-17/h6-13,23,30,32H,5,14H2,1-4H3. The first-order valence-corrected chi connectivity index (χ1v) is 12.0. The molecule has 10 heteroatoms. The second kappa shape index (κ2) is 10.7. The number of aryl methyl sites for hydroxylation is 1. The molecule has 4 rings (SSSR count). The molecule has 1 aliphatic heterocycles. The van der Waals surface area contributed by atoms with Crippen molar-refractivity contribution in [1.29, 1.82) is 0 Å². The first-order valence-electron chi connectivity index (χ1n) is 12.0. The summed E-state index contributed by atoms with van der Waals surface area (Å²) < 4.78 is 9.83. The summed E-state index contributed by atoms with van der Waals surface area (Å²) in [4.78, 5) is 58.1. The van der Waals surface area contributed by atoms with Gasteiger partial charge in [0.15, 0.2) is 12.4 Å². The number of nitrogens with one attached hydrogen (secondary N) is 2. The first kappa shape index (κ1) is 26.3. The molecule has 1 atom stereocenters. The van der Waals surface area contributed by atoms with E-state index in [9.17, 15) is 24.3 Å². The maximum Gasteiger partial charge on any atom is 0.355 e. The summed E-state index contributed by atoms with van der Waals surface area (Å²) >= 11 is 0. The van der Waals surface area contributed by atoms with Gasteiger partial charge in [0.05, 0.1) is 31.9 Å². The highest BCUT2D eigenvalue weighted by Crippen LogP contribution is 2.41. The summed E-state index contributed by atoms with van der Waals surface area (Å²) in [6.07, 6.45) is 3.41. The number of Topliss-reactive ketones (excluding diaryl/α,β-unsaturated/α-hetero) is 1. The minimum atomic E-state index is -1.02. The molecule has 1 saturated heterocycles. The summed E-state index contributed by atoms with van der Waals surface area (Å²) in [7, 11) is 1.26. The number of amides is 1. The summed E-state index contributed by atoms with van der Waals surface area (Å²) in [6.45, 7) is 5.08. The second-order valence-electron chi connectivity index (χ2n) is 8.78. The molecule has 1 fully saturated rings. The zero-order valence-corrected chi connectivity index (χ0v) is 21.4. The molecule has 0 radical (unpaired) electrons. The van der Waals surface area contributed by atoms with E-state index >= 15 is 0 Å². The Balaban J connectivity index is 1.89. The number of likely N-dealkylation sites (tertiary alicyclic amines) is 1. The van der Waals surface area contributed by atoms with Gasteiger partial charge in [0.25, 0.3) is 5.91 Å². The van der Waals surface area contributed by atoms with Crippen LogP contribution in [-0.4, -0.2) is 47.2 Å². The predicted molar refractivity (Wildman–Crippen MR) is 132 cm³/mol. The number of nitrogens with zero attached hydrogens (tertiary/aromatic N) is 1. The molecule has 1 aromatic carbocycles. The number of aromatic amines is 2. The molecule has 0 aliphatic carbocycles. The van der Waals surface area contributed by atoms with Crippen LogP contribution in [0.3, 0.4) is 0 Å². The molecule has 2 N–H and O–H groups in total. The Hall–Kier alpha value is -4.73. The molecule has 10 nitrogen and oxygen atoms in total. The van der Waals surface area contributed by atoms with Crippen LogP contribution in [0.25, 0.3) is 5.76 Å². The van der Waals surface area contributed by atoms with Crippen molar-refractivity contribution in [2.45, 2.75) is 33.4 Å². The Morgan fingerprint density at radius 3 is 2.42 bits per heavy atom. The van der Waals surface area contributed by atoms with E-state index in [0.717, 1.165) is 5.56 Å². The van der Waals surface area contributed by atoms with Crippen LogP contribution in [0.4, 0.5) is 0 Å². The molecule has 0 bridgehead atoms. The number of carbonyl (C=O) groups excluding carboxylic acids is 4. The van der Waals surface area contributed by atoms with Crippen molar-refractivity contribution in [3.63, 3.8) is 0 Å². The van der Waals surface area contributed by atoms with Gasteiger partial charge < -0.3 is 24.5 Å². The van der Waals surface area contributed by atoms with Gasteiger partial charge in [0, 0.05) is 22.9 Å². The smallest absolute Gasteiger partial charge is 0.355 e. The van der Waals surface area contributed by atoms with Gasteiger partial charge in [0.1, 0.15) is 5.69 Å². The highest BCUT2D eigenvalue weighted by molar-refractivity contribution is 6.46. The predicted octanol–water partition coefficient (Wildman–Crippen LogP) is 1.83. The number of ketones is 1. The van der Waals surface area contributed by atoms with Crippen molar-refractivity contribution < 1.29 is 38.7 Å². The van der Waals surface area contributed by atoms with Crippen molar-refractivity contribution >= 4 is 29.4 Å². The van der Waals surface area contributed by atoms with E-state index < -0.39 is 35.4 Å². The molecular formula is C28H27N3O7. The Kier molecular flexibility index (Phi) is 7.43. The van der Waals surface area contributed by atoms with Gasteiger partial charge in [-0.25, -0.2) is 14.6 Å². The van der Waals surface area contributed by atoms with E-state index in [1.165, 1.54) is 24.1 Å². The van der Waals surface area contributed by atoms with Crippen LogP contribution in [0, 0.1) is 13.8 Å². The van der Waals surface area contributed by atoms with Gasteiger partial charge >= 0.3 is 11.9 Å². The van der Waals surface area contributed by atoms with Crippen LogP contribution < -0.4 is 10.1 Å². The van der Waals surface area contributed by atoms with Crippen LogP contribution in [0.5, 0.6) is 0 Å². The second-order valence-corrected chi connectivity index (χ2v) is 8.78. The number of methoxy groups -OCH3 is 1.